The van der Waals surface area contributed by atoms with Gasteiger partial charge in [0.1, 0.15) is 17.4 Å². The van der Waals surface area contributed by atoms with Crippen LogP contribution in [0.25, 0.3) is 0 Å². The summed E-state index contributed by atoms with van der Waals surface area (Å²) < 4.78 is 31.7. The average molecular weight is 336 g/mol. The molecule has 0 bridgehead atoms. The summed E-state index contributed by atoms with van der Waals surface area (Å²) in [7, 11) is 0. The highest BCUT2D eigenvalue weighted by molar-refractivity contribution is 5.89. The van der Waals surface area contributed by atoms with Crippen molar-refractivity contribution in [2.45, 2.75) is 13.0 Å². The monoisotopic (exact) mass is 336 g/mol. The predicted molar refractivity (Wildman–Crippen MR) is 86.0 cm³/mol. The summed E-state index contributed by atoms with van der Waals surface area (Å²) in [5.41, 5.74) is 0.455. The number of rotatable bonds is 6. The Hall–Kier alpha value is -2.67. The van der Waals surface area contributed by atoms with Gasteiger partial charge in [0.05, 0.1) is 12.7 Å². The molecule has 2 aromatic carbocycles. The number of aliphatic hydroxyl groups is 1. The summed E-state index contributed by atoms with van der Waals surface area (Å²) in [6.45, 7) is 2.20. The fourth-order valence-electron chi connectivity index (χ4n) is 2.05. The van der Waals surface area contributed by atoms with E-state index in [4.69, 9.17) is 4.74 Å². The van der Waals surface area contributed by atoms with Crippen LogP contribution in [0.2, 0.25) is 0 Å². The number of ether oxygens (including phenoxy) is 1. The molecule has 0 spiro atoms. The standard InChI is InChI=1S/C17H18F2N2O3/c1-2-24-13-6-4-12(5-7-13)21-17(23)20-10-16(22)14-8-3-11(18)9-15(14)19/h3-9,16,22H,2,10H2,1H3,(H2,20,21,23)/t16-/m1/s1. The van der Waals surface area contributed by atoms with E-state index in [-0.39, 0.29) is 12.1 Å². The largest absolute Gasteiger partial charge is 0.494 e. The third-order valence-electron chi connectivity index (χ3n) is 3.20. The van der Waals surface area contributed by atoms with Crippen LogP contribution in [-0.2, 0) is 0 Å². The van der Waals surface area contributed by atoms with Crippen molar-refractivity contribution in [3.8, 4) is 5.75 Å². The van der Waals surface area contributed by atoms with Crippen LogP contribution in [0.5, 0.6) is 5.75 Å². The molecule has 2 aromatic rings. The molecule has 128 valence electrons. The minimum absolute atomic E-state index is 0.0854. The molecule has 1 atom stereocenters. The van der Waals surface area contributed by atoms with E-state index < -0.39 is 23.8 Å². The quantitative estimate of drug-likeness (QED) is 0.758. The molecule has 7 heteroatoms. The number of carbonyl (C=O) groups is 1. The molecule has 0 aliphatic carbocycles. The van der Waals surface area contributed by atoms with E-state index >= 15 is 0 Å². The Bertz CT molecular complexity index is 693. The lowest BCUT2D eigenvalue weighted by Gasteiger charge is -2.14. The molecule has 0 heterocycles. The molecule has 0 saturated carbocycles. The first-order valence-corrected chi connectivity index (χ1v) is 7.40. The van der Waals surface area contributed by atoms with Gasteiger partial charge in [0.15, 0.2) is 0 Å². The van der Waals surface area contributed by atoms with Crippen molar-refractivity contribution >= 4 is 11.7 Å². The van der Waals surface area contributed by atoms with Crippen LogP contribution in [-0.4, -0.2) is 24.3 Å². The maximum absolute atomic E-state index is 13.5. The lowest BCUT2D eigenvalue weighted by Crippen LogP contribution is -2.32. The molecule has 0 aliphatic rings. The summed E-state index contributed by atoms with van der Waals surface area (Å²) in [5.74, 6) is -0.911. The Labute approximate surface area is 138 Å². The molecule has 2 amide bonds. The molecular weight excluding hydrogens is 318 g/mol. The minimum Gasteiger partial charge on any atom is -0.494 e. The molecule has 0 unspecified atom stereocenters. The lowest BCUT2D eigenvalue weighted by molar-refractivity contribution is 0.170. The van der Waals surface area contributed by atoms with Crippen molar-refractivity contribution in [2.75, 3.05) is 18.5 Å². The van der Waals surface area contributed by atoms with Crippen molar-refractivity contribution in [3.63, 3.8) is 0 Å². The first-order chi connectivity index (χ1) is 11.5. The summed E-state index contributed by atoms with van der Waals surface area (Å²) in [6.07, 6.45) is -1.28. The van der Waals surface area contributed by atoms with Gasteiger partial charge in [0, 0.05) is 23.9 Å². The Morgan fingerprint density at radius 2 is 1.92 bits per heavy atom. The van der Waals surface area contributed by atoms with E-state index in [1.54, 1.807) is 24.3 Å². The number of hydrogen-bond donors (Lipinski definition) is 3. The Balaban J connectivity index is 1.86. The summed E-state index contributed by atoms with van der Waals surface area (Å²) in [4.78, 5) is 11.8. The Morgan fingerprint density at radius 1 is 1.21 bits per heavy atom. The SMILES string of the molecule is CCOc1ccc(NC(=O)NC[C@@H](O)c2ccc(F)cc2F)cc1. The molecule has 3 N–H and O–H groups in total. The van der Waals surface area contributed by atoms with Crippen molar-refractivity contribution in [1.82, 2.24) is 5.32 Å². The third kappa shape index (κ3) is 4.92. The topological polar surface area (TPSA) is 70.6 Å². The number of halogens is 2. The molecule has 24 heavy (non-hydrogen) atoms. The first-order valence-electron chi connectivity index (χ1n) is 7.40. The third-order valence-corrected chi connectivity index (χ3v) is 3.20. The smallest absolute Gasteiger partial charge is 0.319 e. The predicted octanol–water partition coefficient (Wildman–Crippen LogP) is 3.22. The van der Waals surface area contributed by atoms with Gasteiger partial charge in [-0.25, -0.2) is 13.6 Å². The maximum atomic E-state index is 13.5. The summed E-state index contributed by atoms with van der Waals surface area (Å²) in [6, 6.07) is 9.06. The van der Waals surface area contributed by atoms with Gasteiger partial charge in [-0.2, -0.15) is 0 Å². The van der Waals surface area contributed by atoms with Crippen LogP contribution in [0.4, 0.5) is 19.3 Å². The van der Waals surface area contributed by atoms with Crippen LogP contribution >= 0.6 is 0 Å². The fourth-order valence-corrected chi connectivity index (χ4v) is 2.05. The van der Waals surface area contributed by atoms with Gasteiger partial charge >= 0.3 is 6.03 Å². The van der Waals surface area contributed by atoms with E-state index in [0.717, 1.165) is 12.1 Å². The van der Waals surface area contributed by atoms with Crippen LogP contribution in [0.3, 0.4) is 0 Å². The number of nitrogens with one attached hydrogen (secondary N) is 2. The number of benzene rings is 2. The number of carbonyl (C=O) groups excluding carboxylic acids is 1. The molecule has 0 radical (unpaired) electrons. The van der Waals surface area contributed by atoms with Gasteiger partial charge in [0.25, 0.3) is 0 Å². The van der Waals surface area contributed by atoms with Crippen molar-refractivity contribution < 1.29 is 23.4 Å². The highest BCUT2D eigenvalue weighted by Crippen LogP contribution is 2.18. The molecule has 0 aromatic heterocycles. The maximum Gasteiger partial charge on any atom is 0.319 e. The molecule has 0 saturated heterocycles. The van der Waals surface area contributed by atoms with E-state index in [1.807, 2.05) is 6.92 Å². The fraction of sp³-hybridized carbons (Fsp3) is 0.235. The Morgan fingerprint density at radius 3 is 2.54 bits per heavy atom. The highest BCUT2D eigenvalue weighted by Gasteiger charge is 2.14. The molecule has 0 fully saturated rings. The second kappa shape index (κ2) is 8.26. The van der Waals surface area contributed by atoms with Crippen LogP contribution in [0, 0.1) is 11.6 Å². The molecule has 5 nitrogen and oxygen atoms in total. The summed E-state index contributed by atoms with van der Waals surface area (Å²) >= 11 is 0. The van der Waals surface area contributed by atoms with Gasteiger partial charge in [-0.3, -0.25) is 0 Å². The second-order valence-electron chi connectivity index (χ2n) is 4.97. The number of hydrogen-bond acceptors (Lipinski definition) is 3. The normalized spacial score (nSPS) is 11.7. The number of anilines is 1. The van der Waals surface area contributed by atoms with Gasteiger partial charge in [-0.05, 0) is 37.3 Å². The van der Waals surface area contributed by atoms with Gasteiger partial charge in [0.2, 0.25) is 0 Å². The summed E-state index contributed by atoms with van der Waals surface area (Å²) in [5, 5.41) is 14.9. The van der Waals surface area contributed by atoms with E-state index in [1.165, 1.54) is 0 Å². The van der Waals surface area contributed by atoms with Crippen LogP contribution in [0.1, 0.15) is 18.6 Å². The van der Waals surface area contributed by atoms with Gasteiger partial charge in [-0.15, -0.1) is 0 Å². The van der Waals surface area contributed by atoms with Crippen LogP contribution in [0.15, 0.2) is 42.5 Å². The number of aliphatic hydroxyl groups excluding tert-OH is 1. The zero-order valence-electron chi connectivity index (χ0n) is 13.1. The second-order valence-corrected chi connectivity index (χ2v) is 4.97. The van der Waals surface area contributed by atoms with Gasteiger partial charge < -0.3 is 20.5 Å². The van der Waals surface area contributed by atoms with Crippen molar-refractivity contribution in [1.29, 1.82) is 0 Å². The average Bonchev–Trinajstić information content (AvgIpc) is 2.55. The lowest BCUT2D eigenvalue weighted by atomic mass is 10.1. The van der Waals surface area contributed by atoms with E-state index in [9.17, 15) is 18.7 Å². The van der Waals surface area contributed by atoms with E-state index in [2.05, 4.69) is 10.6 Å². The van der Waals surface area contributed by atoms with Crippen LogP contribution < -0.4 is 15.4 Å². The highest BCUT2D eigenvalue weighted by atomic mass is 19.1. The van der Waals surface area contributed by atoms with Crippen molar-refractivity contribution in [3.05, 3.63) is 59.7 Å². The van der Waals surface area contributed by atoms with Gasteiger partial charge in [-0.1, -0.05) is 6.07 Å². The van der Waals surface area contributed by atoms with Crippen molar-refractivity contribution in [2.24, 2.45) is 0 Å². The Kier molecular flexibility index (Phi) is 6.08. The zero-order valence-corrected chi connectivity index (χ0v) is 13.1. The number of amides is 2. The first kappa shape index (κ1) is 17.7. The minimum atomic E-state index is -1.28. The van der Waals surface area contributed by atoms with E-state index in [0.29, 0.717) is 24.1 Å². The molecule has 2 rings (SSSR count). The molecular formula is C17H18F2N2O3. The zero-order chi connectivity index (χ0) is 17.5. The number of urea groups is 1. The molecule has 0 aliphatic heterocycles.